The van der Waals surface area contributed by atoms with Gasteiger partial charge >= 0.3 is 7.12 Å². The van der Waals surface area contributed by atoms with Crippen LogP contribution in [0.4, 0.5) is 15.8 Å². The zero-order chi connectivity index (χ0) is 34.6. The van der Waals surface area contributed by atoms with Crippen molar-refractivity contribution in [2.24, 2.45) is 17.8 Å². The number of aromatic hydroxyl groups is 1. The van der Waals surface area contributed by atoms with Crippen LogP contribution in [0.2, 0.25) is 0 Å². The van der Waals surface area contributed by atoms with Gasteiger partial charge in [-0.3, -0.25) is 24.1 Å². The molecule has 4 aromatic rings. The van der Waals surface area contributed by atoms with E-state index in [1.165, 1.54) is 36.4 Å². The van der Waals surface area contributed by atoms with Gasteiger partial charge in [-0.05, 0) is 66.0 Å². The number of rotatable bonds is 4. The molecule has 0 aromatic heterocycles. The lowest BCUT2D eigenvalue weighted by molar-refractivity contribution is -0.125. The number of carbonyl (C=O) groups is 4. The largest absolute Gasteiger partial charge is 0.507 e. The molecule has 4 aromatic carbocycles. The van der Waals surface area contributed by atoms with Crippen LogP contribution >= 0.6 is 23.2 Å². The Bertz CT molecular complexity index is 2160. The van der Waals surface area contributed by atoms with Gasteiger partial charge in [-0.2, -0.15) is 0 Å². The molecule has 246 valence electrons. The first kappa shape index (κ1) is 31.7. The smallest absolute Gasteiger partial charge is 0.488 e. The van der Waals surface area contributed by atoms with E-state index in [1.54, 1.807) is 42.5 Å². The predicted molar refractivity (Wildman–Crippen MR) is 181 cm³/mol. The standard InChI is InChI=1S/C36H26BCl2FN2O7/c38-35-17-27-24(14-15-25-28(27)32(45)41(31(25)44)22-6-3-5-19(16-22)37(48)49)29(26-13-8-18-4-1-2-7-23(18)30(26)43)36(35,39)34(47)42(33(35)46)21-11-9-20(40)10-12-21/h1-14,16,25,27-29,43,48-49H,15,17H2/t25-,27+,28-,29+,35+,36-/m0/s1. The Morgan fingerprint density at radius 2 is 1.53 bits per heavy atom. The summed E-state index contributed by atoms with van der Waals surface area (Å²) in [7, 11) is -1.83. The number of imide groups is 2. The fourth-order valence-corrected chi connectivity index (χ4v) is 9.25. The molecule has 13 heteroatoms. The molecule has 8 rings (SSSR count). The second kappa shape index (κ2) is 11.0. The molecule has 0 spiro atoms. The van der Waals surface area contributed by atoms with Crippen molar-refractivity contribution in [2.75, 3.05) is 9.80 Å². The van der Waals surface area contributed by atoms with Crippen molar-refractivity contribution in [3.8, 4) is 5.75 Å². The number of phenols is 1. The van der Waals surface area contributed by atoms with Crippen LogP contribution in [0, 0.1) is 23.6 Å². The van der Waals surface area contributed by atoms with E-state index in [2.05, 4.69) is 0 Å². The van der Waals surface area contributed by atoms with Crippen LogP contribution in [0.5, 0.6) is 5.75 Å². The number of phenolic OH excluding ortho intramolecular Hbond substituents is 1. The van der Waals surface area contributed by atoms with Crippen molar-refractivity contribution < 1.29 is 38.7 Å². The number of halogens is 3. The predicted octanol–water partition coefficient (Wildman–Crippen LogP) is 4.13. The summed E-state index contributed by atoms with van der Waals surface area (Å²) in [5, 5.41) is 32.4. The molecule has 4 amide bonds. The number of nitrogens with zero attached hydrogens (tertiary/aromatic N) is 2. The molecule has 2 aliphatic carbocycles. The maximum absolute atomic E-state index is 14.6. The van der Waals surface area contributed by atoms with Gasteiger partial charge in [-0.25, -0.2) is 9.29 Å². The number of benzene rings is 4. The second-order valence-corrected chi connectivity index (χ2v) is 14.2. The van der Waals surface area contributed by atoms with Gasteiger partial charge in [0.15, 0.2) is 9.75 Å². The number of fused-ring (bicyclic) bond motifs is 5. The van der Waals surface area contributed by atoms with Crippen LogP contribution in [0.15, 0.2) is 96.6 Å². The Labute approximate surface area is 289 Å². The van der Waals surface area contributed by atoms with E-state index in [0.717, 1.165) is 21.9 Å². The van der Waals surface area contributed by atoms with E-state index >= 15 is 0 Å². The van der Waals surface area contributed by atoms with E-state index in [4.69, 9.17) is 23.2 Å². The zero-order valence-corrected chi connectivity index (χ0v) is 27.0. The highest BCUT2D eigenvalue weighted by Gasteiger charge is 2.77. The third-order valence-electron chi connectivity index (χ3n) is 10.6. The zero-order valence-electron chi connectivity index (χ0n) is 25.5. The maximum atomic E-state index is 14.6. The molecule has 6 atom stereocenters. The number of hydrogen-bond donors (Lipinski definition) is 3. The molecular weight excluding hydrogens is 673 g/mol. The first-order valence-electron chi connectivity index (χ1n) is 15.7. The number of amides is 4. The Morgan fingerprint density at radius 1 is 0.796 bits per heavy atom. The number of alkyl halides is 2. The number of hydrogen-bond acceptors (Lipinski definition) is 7. The summed E-state index contributed by atoms with van der Waals surface area (Å²) in [6.45, 7) is 0. The molecule has 0 unspecified atom stereocenters. The van der Waals surface area contributed by atoms with Gasteiger partial charge in [-0.1, -0.05) is 60.2 Å². The third kappa shape index (κ3) is 4.26. The van der Waals surface area contributed by atoms with Gasteiger partial charge in [0.2, 0.25) is 11.8 Å². The molecule has 3 fully saturated rings. The molecule has 0 bridgehead atoms. The molecule has 2 aliphatic heterocycles. The fourth-order valence-electron chi connectivity index (χ4n) is 8.33. The highest BCUT2D eigenvalue weighted by Crippen LogP contribution is 2.66. The van der Waals surface area contributed by atoms with Crippen molar-refractivity contribution in [3.63, 3.8) is 0 Å². The molecule has 0 radical (unpaired) electrons. The molecule has 4 aliphatic rings. The summed E-state index contributed by atoms with van der Waals surface area (Å²) in [5.41, 5.74) is 0.986. The van der Waals surface area contributed by atoms with Crippen LogP contribution < -0.4 is 15.3 Å². The number of allylic oxidation sites excluding steroid dienone is 2. The van der Waals surface area contributed by atoms with Crippen LogP contribution in [-0.4, -0.2) is 55.7 Å². The quantitative estimate of drug-likeness (QED) is 0.126. The minimum absolute atomic E-state index is 0.0476. The molecule has 1 saturated carbocycles. The SMILES string of the molecule is O=C1[C@H]2[C@H](CC=C3[C@H]2C[C@@]2(Cl)C(=O)N(c4ccc(F)cc4)C(=O)[C@@]2(Cl)[C@H]3c2ccc3ccccc3c2O)C(=O)N1c1cccc(B(O)O)c1. The Hall–Kier alpha value is -4.55. The lowest BCUT2D eigenvalue weighted by Crippen LogP contribution is -2.60. The summed E-state index contributed by atoms with van der Waals surface area (Å²) in [6, 6.07) is 21.0. The van der Waals surface area contributed by atoms with E-state index in [-0.39, 0.29) is 41.0 Å². The van der Waals surface area contributed by atoms with Crippen LogP contribution in [0.1, 0.15) is 24.3 Å². The summed E-state index contributed by atoms with van der Waals surface area (Å²) < 4.78 is 13.9. The summed E-state index contributed by atoms with van der Waals surface area (Å²) in [6.07, 6.45) is 1.56. The minimum Gasteiger partial charge on any atom is -0.507 e. The van der Waals surface area contributed by atoms with Gasteiger partial charge in [0.25, 0.3) is 11.8 Å². The average Bonchev–Trinajstić information content (AvgIpc) is 3.43. The minimum atomic E-state index is -2.20. The molecule has 49 heavy (non-hydrogen) atoms. The summed E-state index contributed by atoms with van der Waals surface area (Å²) in [5.74, 6) is -7.53. The fraction of sp³-hybridized carbons (Fsp3) is 0.222. The van der Waals surface area contributed by atoms with Crippen molar-refractivity contribution in [1.29, 1.82) is 0 Å². The van der Waals surface area contributed by atoms with Gasteiger partial charge < -0.3 is 15.2 Å². The van der Waals surface area contributed by atoms with Crippen LogP contribution in [0.25, 0.3) is 10.8 Å². The summed E-state index contributed by atoms with van der Waals surface area (Å²) in [4.78, 5) is 54.7. The topological polar surface area (TPSA) is 135 Å². The van der Waals surface area contributed by atoms with Crippen LogP contribution in [-0.2, 0) is 19.2 Å². The maximum Gasteiger partial charge on any atom is 0.488 e. The lowest BCUT2D eigenvalue weighted by Gasteiger charge is -2.50. The first-order valence-corrected chi connectivity index (χ1v) is 16.4. The van der Waals surface area contributed by atoms with E-state index in [0.29, 0.717) is 16.3 Å². The number of carbonyl (C=O) groups excluding carboxylic acids is 4. The molecule has 3 N–H and O–H groups in total. The molecule has 2 saturated heterocycles. The number of anilines is 2. The van der Waals surface area contributed by atoms with Gasteiger partial charge in [0.1, 0.15) is 11.6 Å². The third-order valence-corrected chi connectivity index (χ3v) is 12.0. The van der Waals surface area contributed by atoms with Crippen molar-refractivity contribution >= 4 is 81.6 Å². The van der Waals surface area contributed by atoms with E-state index in [9.17, 15) is 38.7 Å². The van der Waals surface area contributed by atoms with E-state index < -0.39 is 70.0 Å². The molecule has 2 heterocycles. The van der Waals surface area contributed by atoms with Crippen molar-refractivity contribution in [2.45, 2.75) is 28.5 Å². The van der Waals surface area contributed by atoms with E-state index in [1.807, 2.05) is 0 Å². The Kier molecular flexibility index (Phi) is 7.11. The lowest BCUT2D eigenvalue weighted by atomic mass is 9.56. The molecular formula is C36H26BCl2FN2O7. The molecule has 9 nitrogen and oxygen atoms in total. The summed E-state index contributed by atoms with van der Waals surface area (Å²) >= 11 is 14.8. The average molecular weight is 699 g/mol. The first-order chi connectivity index (χ1) is 23.4. The Balaban J connectivity index is 1.31. The van der Waals surface area contributed by atoms with Crippen molar-refractivity contribution in [3.05, 3.63) is 108 Å². The van der Waals surface area contributed by atoms with Crippen LogP contribution in [0.3, 0.4) is 0 Å². The normalized spacial score (nSPS) is 29.2. The van der Waals surface area contributed by atoms with Gasteiger partial charge in [0, 0.05) is 16.9 Å². The second-order valence-electron chi connectivity index (χ2n) is 13.0. The van der Waals surface area contributed by atoms with Crippen molar-refractivity contribution in [1.82, 2.24) is 0 Å². The highest BCUT2D eigenvalue weighted by atomic mass is 35.5. The van der Waals surface area contributed by atoms with Gasteiger partial charge in [0.05, 0.1) is 23.2 Å². The highest BCUT2D eigenvalue weighted by molar-refractivity contribution is 6.59. The Morgan fingerprint density at radius 3 is 2.27 bits per heavy atom. The monoisotopic (exact) mass is 698 g/mol. The van der Waals surface area contributed by atoms with Gasteiger partial charge in [-0.15, -0.1) is 23.2 Å².